The molecule has 2 rings (SSSR count). The predicted octanol–water partition coefficient (Wildman–Crippen LogP) is 2.74. The van der Waals surface area contributed by atoms with Crippen LogP contribution >= 0.6 is 0 Å². The molecule has 0 bridgehead atoms. The van der Waals surface area contributed by atoms with Crippen molar-refractivity contribution in [3.63, 3.8) is 0 Å². The zero-order chi connectivity index (χ0) is 17.5. The van der Waals surface area contributed by atoms with E-state index in [1.165, 1.54) is 24.0 Å². The second-order valence-corrected chi connectivity index (χ2v) is 7.48. The fraction of sp³-hybridized carbons (Fsp3) is 0.650. The van der Waals surface area contributed by atoms with Crippen LogP contribution in [0.15, 0.2) is 24.3 Å². The summed E-state index contributed by atoms with van der Waals surface area (Å²) in [5.74, 6) is 1.24. The number of nitrogens with one attached hydrogen (secondary N) is 2. The third-order valence-corrected chi connectivity index (χ3v) is 5.23. The summed E-state index contributed by atoms with van der Waals surface area (Å²) < 4.78 is 0. The number of rotatable bonds is 7. The molecule has 1 saturated heterocycles. The Morgan fingerprint density at radius 2 is 2.04 bits per heavy atom. The maximum Gasteiger partial charge on any atom is 0.220 e. The van der Waals surface area contributed by atoms with Gasteiger partial charge in [-0.1, -0.05) is 36.8 Å². The van der Waals surface area contributed by atoms with Crippen LogP contribution in [0.5, 0.6) is 0 Å². The number of hydrogen-bond acceptors (Lipinski definition) is 3. The zero-order valence-corrected chi connectivity index (χ0v) is 15.6. The fourth-order valence-electron chi connectivity index (χ4n) is 3.49. The number of piperidine rings is 1. The number of likely N-dealkylation sites (N-methyl/N-ethyl adjacent to an activating group) is 1. The van der Waals surface area contributed by atoms with Crippen LogP contribution in [-0.2, 0) is 4.79 Å². The third-order valence-electron chi connectivity index (χ3n) is 5.23. The van der Waals surface area contributed by atoms with Crippen LogP contribution in [0.1, 0.15) is 43.4 Å². The highest BCUT2D eigenvalue weighted by Gasteiger charge is 2.22. The van der Waals surface area contributed by atoms with E-state index in [1.54, 1.807) is 0 Å². The van der Waals surface area contributed by atoms with Crippen molar-refractivity contribution in [3.8, 4) is 0 Å². The first-order valence-electron chi connectivity index (χ1n) is 9.17. The van der Waals surface area contributed by atoms with E-state index in [-0.39, 0.29) is 11.9 Å². The maximum absolute atomic E-state index is 12.4. The van der Waals surface area contributed by atoms with E-state index in [0.29, 0.717) is 24.8 Å². The standard InChI is InChI=1S/C20H33N3O/c1-15-7-9-17(10-8-15)19(23(3)4)14-22-20(24)12-16(2)18-6-5-11-21-13-18/h7-10,16,18-19,21H,5-6,11-14H2,1-4H3,(H,22,24). The molecule has 3 atom stereocenters. The van der Waals surface area contributed by atoms with Gasteiger partial charge in [0.2, 0.25) is 5.91 Å². The van der Waals surface area contributed by atoms with E-state index in [4.69, 9.17) is 0 Å². The molecule has 0 radical (unpaired) electrons. The third kappa shape index (κ3) is 5.60. The van der Waals surface area contributed by atoms with Crippen LogP contribution in [0.4, 0.5) is 0 Å². The normalized spacial score (nSPS) is 20.6. The van der Waals surface area contributed by atoms with E-state index >= 15 is 0 Å². The molecule has 1 fully saturated rings. The van der Waals surface area contributed by atoms with Gasteiger partial charge in [-0.15, -0.1) is 0 Å². The lowest BCUT2D eigenvalue weighted by atomic mass is 9.85. The molecule has 24 heavy (non-hydrogen) atoms. The van der Waals surface area contributed by atoms with Gasteiger partial charge < -0.3 is 15.5 Å². The van der Waals surface area contributed by atoms with Crippen molar-refractivity contribution in [2.24, 2.45) is 11.8 Å². The Labute approximate surface area is 147 Å². The minimum absolute atomic E-state index is 0.173. The summed E-state index contributed by atoms with van der Waals surface area (Å²) in [6.07, 6.45) is 3.10. The Kier molecular flexibility index (Phi) is 7.25. The molecule has 3 unspecified atom stereocenters. The quantitative estimate of drug-likeness (QED) is 0.807. The van der Waals surface area contributed by atoms with Crippen LogP contribution in [0.25, 0.3) is 0 Å². The Balaban J connectivity index is 1.84. The summed E-state index contributed by atoms with van der Waals surface area (Å²) in [5.41, 5.74) is 2.51. The Bertz CT molecular complexity index is 506. The van der Waals surface area contributed by atoms with Crippen LogP contribution in [0.3, 0.4) is 0 Å². The van der Waals surface area contributed by atoms with E-state index in [9.17, 15) is 4.79 Å². The molecule has 1 aliphatic heterocycles. The average molecular weight is 332 g/mol. The van der Waals surface area contributed by atoms with Crippen LogP contribution in [0.2, 0.25) is 0 Å². The van der Waals surface area contributed by atoms with Gasteiger partial charge in [-0.25, -0.2) is 0 Å². The molecule has 1 aliphatic rings. The van der Waals surface area contributed by atoms with Crippen molar-refractivity contribution in [2.75, 3.05) is 33.7 Å². The van der Waals surface area contributed by atoms with Gasteiger partial charge >= 0.3 is 0 Å². The second-order valence-electron chi connectivity index (χ2n) is 7.48. The van der Waals surface area contributed by atoms with Gasteiger partial charge in [-0.3, -0.25) is 4.79 Å². The average Bonchev–Trinajstić information content (AvgIpc) is 2.57. The topological polar surface area (TPSA) is 44.4 Å². The molecule has 0 spiro atoms. The minimum Gasteiger partial charge on any atom is -0.354 e. The monoisotopic (exact) mass is 331 g/mol. The Morgan fingerprint density at radius 1 is 1.33 bits per heavy atom. The van der Waals surface area contributed by atoms with Gasteiger partial charge in [-0.05, 0) is 64.3 Å². The number of aryl methyl sites for hydroxylation is 1. The first-order chi connectivity index (χ1) is 11.5. The predicted molar refractivity (Wildman–Crippen MR) is 100.0 cm³/mol. The summed E-state index contributed by atoms with van der Waals surface area (Å²) in [6.45, 7) is 7.14. The lowest BCUT2D eigenvalue weighted by Crippen LogP contribution is -2.38. The molecule has 1 aromatic rings. The number of benzene rings is 1. The first-order valence-corrected chi connectivity index (χ1v) is 9.17. The van der Waals surface area contributed by atoms with Crippen LogP contribution in [0, 0.1) is 18.8 Å². The minimum atomic E-state index is 0.173. The summed E-state index contributed by atoms with van der Waals surface area (Å²) in [5, 5.41) is 6.59. The number of carbonyl (C=O) groups is 1. The highest BCUT2D eigenvalue weighted by Crippen LogP contribution is 2.23. The first kappa shape index (κ1) is 18.9. The van der Waals surface area contributed by atoms with Crippen molar-refractivity contribution in [2.45, 2.75) is 39.2 Å². The maximum atomic E-state index is 12.4. The van der Waals surface area contributed by atoms with Crippen molar-refractivity contribution >= 4 is 5.91 Å². The second kappa shape index (κ2) is 9.19. The van der Waals surface area contributed by atoms with Crippen LogP contribution in [-0.4, -0.2) is 44.5 Å². The van der Waals surface area contributed by atoms with Gasteiger partial charge in [0, 0.05) is 13.0 Å². The van der Waals surface area contributed by atoms with Crippen molar-refractivity contribution in [3.05, 3.63) is 35.4 Å². The van der Waals surface area contributed by atoms with Gasteiger partial charge in [0.05, 0.1) is 6.04 Å². The highest BCUT2D eigenvalue weighted by molar-refractivity contribution is 5.76. The molecular formula is C20H33N3O. The van der Waals surface area contributed by atoms with E-state index in [1.807, 2.05) is 0 Å². The zero-order valence-electron chi connectivity index (χ0n) is 15.6. The van der Waals surface area contributed by atoms with Crippen molar-refractivity contribution in [1.29, 1.82) is 0 Å². The number of hydrogen-bond donors (Lipinski definition) is 2. The smallest absolute Gasteiger partial charge is 0.220 e. The van der Waals surface area contributed by atoms with Crippen molar-refractivity contribution in [1.82, 2.24) is 15.5 Å². The molecule has 4 heteroatoms. The molecule has 1 heterocycles. The Morgan fingerprint density at radius 3 is 2.62 bits per heavy atom. The summed E-state index contributed by atoms with van der Waals surface area (Å²) in [4.78, 5) is 14.5. The molecule has 4 nitrogen and oxygen atoms in total. The summed E-state index contributed by atoms with van der Waals surface area (Å²) in [6, 6.07) is 8.78. The van der Waals surface area contributed by atoms with Crippen LogP contribution < -0.4 is 10.6 Å². The fourth-order valence-corrected chi connectivity index (χ4v) is 3.49. The summed E-state index contributed by atoms with van der Waals surface area (Å²) in [7, 11) is 4.13. The number of nitrogens with zero attached hydrogens (tertiary/aromatic N) is 1. The van der Waals surface area contributed by atoms with Gasteiger partial charge in [0.15, 0.2) is 0 Å². The lowest BCUT2D eigenvalue weighted by molar-refractivity contribution is -0.122. The molecule has 134 valence electrons. The van der Waals surface area contributed by atoms with E-state index in [2.05, 4.69) is 67.7 Å². The SMILES string of the molecule is Cc1ccc(C(CNC(=O)CC(C)C2CCCNC2)N(C)C)cc1. The molecule has 0 saturated carbocycles. The molecule has 1 aromatic carbocycles. The highest BCUT2D eigenvalue weighted by atomic mass is 16.1. The molecular weight excluding hydrogens is 298 g/mol. The molecule has 0 aliphatic carbocycles. The lowest BCUT2D eigenvalue weighted by Gasteiger charge is -2.29. The van der Waals surface area contributed by atoms with Gasteiger partial charge in [0.25, 0.3) is 0 Å². The summed E-state index contributed by atoms with van der Waals surface area (Å²) >= 11 is 0. The van der Waals surface area contributed by atoms with E-state index in [0.717, 1.165) is 13.1 Å². The number of amides is 1. The Hall–Kier alpha value is -1.39. The molecule has 1 amide bonds. The van der Waals surface area contributed by atoms with Crippen molar-refractivity contribution < 1.29 is 4.79 Å². The van der Waals surface area contributed by atoms with Gasteiger partial charge in [-0.2, -0.15) is 0 Å². The van der Waals surface area contributed by atoms with E-state index < -0.39 is 0 Å². The number of carbonyl (C=O) groups excluding carboxylic acids is 1. The molecule has 0 aromatic heterocycles. The van der Waals surface area contributed by atoms with Gasteiger partial charge in [0.1, 0.15) is 0 Å². The largest absolute Gasteiger partial charge is 0.354 e. The molecule has 2 N–H and O–H groups in total.